The molecule has 6 nitrogen and oxygen atoms in total. The summed E-state index contributed by atoms with van der Waals surface area (Å²) in [5.74, 6) is -2.17. The molecule has 0 aromatic heterocycles. The normalized spacial score (nSPS) is 14.7. The van der Waals surface area contributed by atoms with Gasteiger partial charge >= 0.3 is 11.8 Å². The van der Waals surface area contributed by atoms with E-state index in [1.165, 1.54) is 24.0 Å². The van der Waals surface area contributed by atoms with Gasteiger partial charge in [-0.15, -0.1) is 0 Å². The highest BCUT2D eigenvalue weighted by Gasteiger charge is 2.26. The molecule has 2 rings (SSSR count). The van der Waals surface area contributed by atoms with Gasteiger partial charge in [0.1, 0.15) is 5.82 Å². The second kappa shape index (κ2) is 6.74. The van der Waals surface area contributed by atoms with Crippen LogP contribution in [0.3, 0.4) is 0 Å². The molecule has 0 bridgehead atoms. The first-order valence-electron chi connectivity index (χ1n) is 6.69. The SMILES string of the molecule is CC(=O)N1CCN(C(=O)C(=O)Nc2ccc(F)c(Cl)c2)CC1. The van der Waals surface area contributed by atoms with Gasteiger partial charge in [-0.2, -0.15) is 0 Å². The Bertz CT molecular complexity index is 615. The van der Waals surface area contributed by atoms with Gasteiger partial charge in [0, 0.05) is 38.8 Å². The van der Waals surface area contributed by atoms with Crippen LogP contribution in [0.2, 0.25) is 5.02 Å². The Morgan fingerprint density at radius 3 is 2.27 bits per heavy atom. The summed E-state index contributed by atoms with van der Waals surface area (Å²) >= 11 is 5.61. The van der Waals surface area contributed by atoms with E-state index in [-0.39, 0.29) is 16.6 Å². The van der Waals surface area contributed by atoms with Crippen LogP contribution in [-0.4, -0.2) is 53.7 Å². The molecule has 1 fully saturated rings. The number of piperazine rings is 1. The van der Waals surface area contributed by atoms with Gasteiger partial charge in [0.25, 0.3) is 0 Å². The maximum atomic E-state index is 13.0. The Morgan fingerprint density at radius 1 is 1.14 bits per heavy atom. The summed E-state index contributed by atoms with van der Waals surface area (Å²) in [5, 5.41) is 2.24. The molecule has 0 spiro atoms. The van der Waals surface area contributed by atoms with Crippen molar-refractivity contribution in [2.24, 2.45) is 0 Å². The van der Waals surface area contributed by atoms with E-state index in [0.717, 1.165) is 6.07 Å². The molecule has 118 valence electrons. The van der Waals surface area contributed by atoms with Crippen molar-refractivity contribution >= 4 is 35.0 Å². The van der Waals surface area contributed by atoms with Gasteiger partial charge in [0.05, 0.1) is 5.02 Å². The smallest absolute Gasteiger partial charge is 0.313 e. The van der Waals surface area contributed by atoms with Crippen molar-refractivity contribution in [1.82, 2.24) is 9.80 Å². The number of hydrogen-bond donors (Lipinski definition) is 1. The summed E-state index contributed by atoms with van der Waals surface area (Å²) in [6, 6.07) is 3.66. The van der Waals surface area contributed by atoms with E-state index in [9.17, 15) is 18.8 Å². The summed E-state index contributed by atoms with van der Waals surface area (Å²) in [6.45, 7) is 2.86. The van der Waals surface area contributed by atoms with E-state index in [4.69, 9.17) is 11.6 Å². The van der Waals surface area contributed by atoms with Crippen molar-refractivity contribution in [3.63, 3.8) is 0 Å². The molecule has 0 unspecified atom stereocenters. The largest absolute Gasteiger partial charge is 0.339 e. The first kappa shape index (κ1) is 16.2. The number of benzene rings is 1. The molecule has 1 heterocycles. The lowest BCUT2D eigenvalue weighted by molar-refractivity contribution is -0.145. The minimum Gasteiger partial charge on any atom is -0.339 e. The molecule has 1 N–H and O–H groups in total. The maximum Gasteiger partial charge on any atom is 0.313 e. The average Bonchev–Trinajstić information content (AvgIpc) is 2.50. The van der Waals surface area contributed by atoms with Gasteiger partial charge in [0.2, 0.25) is 5.91 Å². The molecule has 0 saturated carbocycles. The molecule has 8 heteroatoms. The van der Waals surface area contributed by atoms with Crippen molar-refractivity contribution in [3.05, 3.63) is 29.0 Å². The summed E-state index contributed by atoms with van der Waals surface area (Å²) in [6.07, 6.45) is 0. The molecule has 1 aliphatic rings. The number of rotatable bonds is 1. The van der Waals surface area contributed by atoms with Crippen LogP contribution < -0.4 is 5.32 Å². The fraction of sp³-hybridized carbons (Fsp3) is 0.357. The van der Waals surface area contributed by atoms with Crippen molar-refractivity contribution in [2.75, 3.05) is 31.5 Å². The third-order valence-corrected chi connectivity index (χ3v) is 3.67. The van der Waals surface area contributed by atoms with Crippen molar-refractivity contribution < 1.29 is 18.8 Å². The Morgan fingerprint density at radius 2 is 1.73 bits per heavy atom. The minimum absolute atomic E-state index is 0.0579. The van der Waals surface area contributed by atoms with Crippen LogP contribution in [0.1, 0.15) is 6.92 Å². The molecular weight excluding hydrogens is 313 g/mol. The van der Waals surface area contributed by atoms with Crippen LogP contribution in [-0.2, 0) is 14.4 Å². The average molecular weight is 328 g/mol. The van der Waals surface area contributed by atoms with E-state index in [2.05, 4.69) is 5.32 Å². The van der Waals surface area contributed by atoms with E-state index < -0.39 is 17.6 Å². The number of hydrogen-bond acceptors (Lipinski definition) is 3. The monoisotopic (exact) mass is 327 g/mol. The topological polar surface area (TPSA) is 69.7 Å². The second-order valence-corrected chi connectivity index (χ2v) is 5.29. The molecule has 0 atom stereocenters. The number of nitrogens with zero attached hydrogens (tertiary/aromatic N) is 2. The summed E-state index contributed by atoms with van der Waals surface area (Å²) in [7, 11) is 0. The Kier molecular flexibility index (Phi) is 4.97. The van der Waals surface area contributed by atoms with Gasteiger partial charge in [-0.3, -0.25) is 14.4 Å². The summed E-state index contributed by atoms with van der Waals surface area (Å²) in [4.78, 5) is 38.1. The predicted molar refractivity (Wildman–Crippen MR) is 78.9 cm³/mol. The van der Waals surface area contributed by atoms with E-state index in [1.54, 1.807) is 4.90 Å². The molecule has 1 aromatic rings. The highest BCUT2D eigenvalue weighted by molar-refractivity contribution is 6.39. The van der Waals surface area contributed by atoms with Crippen molar-refractivity contribution in [3.8, 4) is 0 Å². The lowest BCUT2D eigenvalue weighted by Gasteiger charge is -2.33. The Labute approximate surface area is 131 Å². The molecular formula is C14H15ClFN3O3. The number of amides is 3. The first-order valence-corrected chi connectivity index (χ1v) is 7.07. The van der Waals surface area contributed by atoms with Gasteiger partial charge in [-0.25, -0.2) is 4.39 Å². The molecule has 1 aromatic carbocycles. The van der Waals surface area contributed by atoms with Crippen LogP contribution in [0.25, 0.3) is 0 Å². The predicted octanol–water partition coefficient (Wildman–Crippen LogP) is 1.11. The zero-order valence-corrected chi connectivity index (χ0v) is 12.7. The lowest BCUT2D eigenvalue weighted by Crippen LogP contribution is -2.52. The van der Waals surface area contributed by atoms with Gasteiger partial charge < -0.3 is 15.1 Å². The second-order valence-electron chi connectivity index (χ2n) is 4.88. The molecule has 1 aliphatic heterocycles. The standard InChI is InChI=1S/C14H15ClFN3O3/c1-9(20)18-4-6-19(7-5-18)14(22)13(21)17-10-2-3-12(16)11(15)8-10/h2-3,8H,4-7H2,1H3,(H,17,21). The number of nitrogens with one attached hydrogen (secondary N) is 1. The van der Waals surface area contributed by atoms with E-state index in [1.807, 2.05) is 0 Å². The molecule has 1 saturated heterocycles. The molecule has 0 radical (unpaired) electrons. The zero-order chi connectivity index (χ0) is 16.3. The van der Waals surface area contributed by atoms with Crippen molar-refractivity contribution in [1.29, 1.82) is 0 Å². The van der Waals surface area contributed by atoms with Crippen LogP contribution in [0, 0.1) is 5.82 Å². The number of carbonyl (C=O) groups is 3. The van der Waals surface area contributed by atoms with Crippen LogP contribution in [0.5, 0.6) is 0 Å². The number of carbonyl (C=O) groups excluding carboxylic acids is 3. The van der Waals surface area contributed by atoms with E-state index in [0.29, 0.717) is 26.2 Å². The van der Waals surface area contributed by atoms with Crippen molar-refractivity contribution in [2.45, 2.75) is 6.92 Å². The van der Waals surface area contributed by atoms with Gasteiger partial charge in [0.15, 0.2) is 0 Å². The summed E-state index contributed by atoms with van der Waals surface area (Å²) in [5.41, 5.74) is 0.243. The summed E-state index contributed by atoms with van der Waals surface area (Å²) < 4.78 is 13.0. The molecule has 22 heavy (non-hydrogen) atoms. The Balaban J connectivity index is 1.94. The number of anilines is 1. The quantitative estimate of drug-likeness (QED) is 0.786. The Hall–Kier alpha value is -2.15. The van der Waals surface area contributed by atoms with Gasteiger partial charge in [-0.05, 0) is 18.2 Å². The third-order valence-electron chi connectivity index (χ3n) is 3.38. The lowest BCUT2D eigenvalue weighted by atomic mass is 10.3. The maximum absolute atomic E-state index is 13.0. The molecule has 3 amide bonds. The fourth-order valence-electron chi connectivity index (χ4n) is 2.13. The van der Waals surface area contributed by atoms with Crippen LogP contribution >= 0.6 is 11.6 Å². The van der Waals surface area contributed by atoms with Crippen LogP contribution in [0.15, 0.2) is 18.2 Å². The minimum atomic E-state index is -0.820. The third kappa shape index (κ3) is 3.73. The van der Waals surface area contributed by atoms with Crippen LogP contribution in [0.4, 0.5) is 10.1 Å². The number of halogens is 2. The molecule has 0 aliphatic carbocycles. The van der Waals surface area contributed by atoms with E-state index >= 15 is 0 Å². The zero-order valence-electron chi connectivity index (χ0n) is 11.9. The van der Waals surface area contributed by atoms with Gasteiger partial charge in [-0.1, -0.05) is 11.6 Å². The fourth-order valence-corrected chi connectivity index (χ4v) is 2.31. The highest BCUT2D eigenvalue weighted by atomic mass is 35.5. The highest BCUT2D eigenvalue weighted by Crippen LogP contribution is 2.19. The first-order chi connectivity index (χ1) is 10.4.